The van der Waals surface area contributed by atoms with Gasteiger partial charge in [0.15, 0.2) is 0 Å². The van der Waals surface area contributed by atoms with E-state index in [0.717, 1.165) is 6.54 Å². The Morgan fingerprint density at radius 1 is 1.24 bits per heavy atom. The molecule has 0 saturated carbocycles. The van der Waals surface area contributed by atoms with E-state index in [1.54, 1.807) is 0 Å². The topological polar surface area (TPSA) is 24.5 Å². The van der Waals surface area contributed by atoms with Crippen LogP contribution in [0.15, 0.2) is 24.3 Å². The van der Waals surface area contributed by atoms with Gasteiger partial charge in [-0.05, 0) is 43.4 Å². The first-order valence-electron chi connectivity index (χ1n) is 8.41. The number of fused-ring (bicyclic) bond motifs is 1. The van der Waals surface area contributed by atoms with E-state index in [-0.39, 0.29) is 0 Å². The van der Waals surface area contributed by atoms with Gasteiger partial charge < -0.3 is 10.1 Å². The molecule has 1 saturated heterocycles. The Hall–Kier alpha value is -0.900. The minimum atomic E-state index is 0.465. The van der Waals surface area contributed by atoms with Gasteiger partial charge in [-0.3, -0.25) is 4.90 Å². The molecule has 1 aromatic carbocycles. The SMILES string of the molecule is CCCNC1c2ccccc2CC1N1CCC(OC)CC1. The highest BCUT2D eigenvalue weighted by Gasteiger charge is 2.37. The average molecular weight is 288 g/mol. The second-order valence-electron chi connectivity index (χ2n) is 6.37. The molecule has 0 spiro atoms. The molecule has 116 valence electrons. The summed E-state index contributed by atoms with van der Waals surface area (Å²) in [5, 5.41) is 3.79. The van der Waals surface area contributed by atoms with Crippen molar-refractivity contribution in [2.24, 2.45) is 0 Å². The smallest absolute Gasteiger partial charge is 0.0595 e. The Bertz CT molecular complexity index is 454. The number of hydrogen-bond donors (Lipinski definition) is 1. The van der Waals surface area contributed by atoms with Gasteiger partial charge in [-0.25, -0.2) is 0 Å². The summed E-state index contributed by atoms with van der Waals surface area (Å²) in [6, 6.07) is 10.1. The van der Waals surface area contributed by atoms with Crippen LogP contribution in [0.1, 0.15) is 43.4 Å². The van der Waals surface area contributed by atoms with Crippen LogP contribution in [0.2, 0.25) is 0 Å². The molecule has 0 amide bonds. The largest absolute Gasteiger partial charge is 0.381 e. The van der Waals surface area contributed by atoms with Crippen LogP contribution in [0, 0.1) is 0 Å². The number of nitrogens with one attached hydrogen (secondary N) is 1. The number of benzene rings is 1. The second-order valence-corrected chi connectivity index (χ2v) is 6.37. The molecule has 2 aliphatic rings. The van der Waals surface area contributed by atoms with Crippen molar-refractivity contribution in [1.29, 1.82) is 0 Å². The van der Waals surface area contributed by atoms with E-state index >= 15 is 0 Å². The van der Waals surface area contributed by atoms with Crippen molar-refractivity contribution in [3.05, 3.63) is 35.4 Å². The van der Waals surface area contributed by atoms with E-state index in [2.05, 4.69) is 41.4 Å². The van der Waals surface area contributed by atoms with Gasteiger partial charge in [0.05, 0.1) is 6.10 Å². The highest BCUT2D eigenvalue weighted by Crippen LogP contribution is 2.35. The third kappa shape index (κ3) is 3.15. The molecular formula is C18H28N2O. The number of methoxy groups -OCH3 is 1. The van der Waals surface area contributed by atoms with Crippen LogP contribution in [0.5, 0.6) is 0 Å². The molecular weight excluding hydrogens is 260 g/mol. The number of piperidine rings is 1. The third-order valence-corrected chi connectivity index (χ3v) is 5.10. The summed E-state index contributed by atoms with van der Waals surface area (Å²) in [4.78, 5) is 2.68. The standard InChI is InChI=1S/C18H28N2O/c1-3-10-19-18-16-7-5-4-6-14(16)13-17(18)20-11-8-15(21-2)9-12-20/h4-7,15,17-19H,3,8-13H2,1-2H3. The summed E-state index contributed by atoms with van der Waals surface area (Å²) in [6.07, 6.45) is 5.19. The Morgan fingerprint density at radius 3 is 2.71 bits per heavy atom. The maximum Gasteiger partial charge on any atom is 0.0595 e. The molecule has 1 aromatic rings. The van der Waals surface area contributed by atoms with Crippen LogP contribution < -0.4 is 5.32 Å². The molecule has 3 heteroatoms. The fourth-order valence-corrected chi connectivity index (χ4v) is 3.90. The molecule has 0 radical (unpaired) electrons. The fraction of sp³-hybridized carbons (Fsp3) is 0.667. The lowest BCUT2D eigenvalue weighted by Crippen LogP contribution is -2.48. The predicted octanol–water partition coefficient (Wildman–Crippen LogP) is 2.76. The molecule has 1 aliphatic heterocycles. The molecule has 3 rings (SSSR count). The maximum absolute atomic E-state index is 5.51. The van der Waals surface area contributed by atoms with E-state index < -0.39 is 0 Å². The van der Waals surface area contributed by atoms with Gasteiger partial charge in [0.25, 0.3) is 0 Å². The van der Waals surface area contributed by atoms with E-state index in [0.29, 0.717) is 18.2 Å². The zero-order valence-electron chi connectivity index (χ0n) is 13.3. The average Bonchev–Trinajstić information content (AvgIpc) is 2.91. The van der Waals surface area contributed by atoms with E-state index in [1.165, 1.54) is 49.9 Å². The molecule has 21 heavy (non-hydrogen) atoms. The first-order valence-corrected chi connectivity index (χ1v) is 8.41. The van der Waals surface area contributed by atoms with Crippen molar-refractivity contribution in [2.75, 3.05) is 26.7 Å². The van der Waals surface area contributed by atoms with Crippen molar-refractivity contribution in [2.45, 2.75) is 50.8 Å². The fourth-order valence-electron chi connectivity index (χ4n) is 3.90. The van der Waals surface area contributed by atoms with E-state index in [1.807, 2.05) is 7.11 Å². The summed E-state index contributed by atoms with van der Waals surface area (Å²) in [7, 11) is 1.84. The number of nitrogens with zero attached hydrogens (tertiary/aromatic N) is 1. The molecule has 0 aromatic heterocycles. The summed E-state index contributed by atoms with van der Waals surface area (Å²) in [5.41, 5.74) is 3.05. The predicted molar refractivity (Wildman–Crippen MR) is 86.6 cm³/mol. The molecule has 1 N–H and O–H groups in total. The monoisotopic (exact) mass is 288 g/mol. The van der Waals surface area contributed by atoms with Crippen molar-refractivity contribution in [3.63, 3.8) is 0 Å². The normalized spacial score (nSPS) is 27.0. The van der Waals surface area contributed by atoms with Crippen molar-refractivity contribution >= 4 is 0 Å². The molecule has 1 fully saturated rings. The third-order valence-electron chi connectivity index (χ3n) is 5.10. The lowest BCUT2D eigenvalue weighted by atomic mass is 10.0. The quantitative estimate of drug-likeness (QED) is 0.901. The highest BCUT2D eigenvalue weighted by atomic mass is 16.5. The molecule has 1 aliphatic carbocycles. The van der Waals surface area contributed by atoms with Crippen LogP contribution in [-0.4, -0.2) is 43.8 Å². The van der Waals surface area contributed by atoms with Crippen molar-refractivity contribution in [3.8, 4) is 0 Å². The number of rotatable bonds is 5. The summed E-state index contributed by atoms with van der Waals surface area (Å²) in [5.74, 6) is 0. The van der Waals surface area contributed by atoms with E-state index in [9.17, 15) is 0 Å². The van der Waals surface area contributed by atoms with Crippen LogP contribution in [-0.2, 0) is 11.2 Å². The van der Waals surface area contributed by atoms with E-state index in [4.69, 9.17) is 4.74 Å². The summed E-state index contributed by atoms with van der Waals surface area (Å²) >= 11 is 0. The number of likely N-dealkylation sites (tertiary alicyclic amines) is 1. The van der Waals surface area contributed by atoms with Crippen LogP contribution >= 0.6 is 0 Å². The molecule has 2 atom stereocenters. The van der Waals surface area contributed by atoms with Gasteiger partial charge >= 0.3 is 0 Å². The first-order chi connectivity index (χ1) is 10.3. The highest BCUT2D eigenvalue weighted by molar-refractivity contribution is 5.37. The maximum atomic E-state index is 5.51. The van der Waals surface area contributed by atoms with Crippen LogP contribution in [0.4, 0.5) is 0 Å². The lowest BCUT2D eigenvalue weighted by molar-refractivity contribution is 0.0227. The zero-order valence-corrected chi connectivity index (χ0v) is 13.3. The van der Waals surface area contributed by atoms with Crippen molar-refractivity contribution in [1.82, 2.24) is 10.2 Å². The van der Waals surface area contributed by atoms with Gasteiger partial charge in [-0.1, -0.05) is 31.2 Å². The number of ether oxygens (including phenoxy) is 1. The van der Waals surface area contributed by atoms with Gasteiger partial charge in [-0.2, -0.15) is 0 Å². The van der Waals surface area contributed by atoms with Gasteiger partial charge in [0.1, 0.15) is 0 Å². The van der Waals surface area contributed by atoms with Crippen LogP contribution in [0.25, 0.3) is 0 Å². The first kappa shape index (κ1) is 15.0. The van der Waals surface area contributed by atoms with Gasteiger partial charge in [0, 0.05) is 32.3 Å². The van der Waals surface area contributed by atoms with Gasteiger partial charge in [0.2, 0.25) is 0 Å². The Morgan fingerprint density at radius 2 is 2.00 bits per heavy atom. The minimum absolute atomic E-state index is 0.465. The number of hydrogen-bond acceptors (Lipinski definition) is 3. The summed E-state index contributed by atoms with van der Waals surface area (Å²) < 4.78 is 5.51. The second kappa shape index (κ2) is 6.91. The zero-order chi connectivity index (χ0) is 14.7. The summed E-state index contributed by atoms with van der Waals surface area (Å²) in [6.45, 7) is 5.68. The Kier molecular flexibility index (Phi) is 4.94. The molecule has 3 nitrogen and oxygen atoms in total. The minimum Gasteiger partial charge on any atom is -0.381 e. The van der Waals surface area contributed by atoms with Crippen molar-refractivity contribution < 1.29 is 4.74 Å². The molecule has 1 heterocycles. The lowest BCUT2D eigenvalue weighted by Gasteiger charge is -2.38. The van der Waals surface area contributed by atoms with Crippen LogP contribution in [0.3, 0.4) is 0 Å². The Labute approximate surface area is 128 Å². The Balaban J connectivity index is 1.72. The molecule has 2 unspecified atom stereocenters. The molecule has 0 bridgehead atoms. The van der Waals surface area contributed by atoms with Gasteiger partial charge in [-0.15, -0.1) is 0 Å².